The summed E-state index contributed by atoms with van der Waals surface area (Å²) < 4.78 is 31.2. The molecule has 0 saturated carbocycles. The number of nitrogens with zero attached hydrogens (tertiary/aromatic N) is 2. The van der Waals surface area contributed by atoms with Gasteiger partial charge in [-0.15, -0.1) is 0 Å². The Labute approximate surface area is 231 Å². The second-order valence-electron chi connectivity index (χ2n) is 9.66. The van der Waals surface area contributed by atoms with E-state index >= 15 is 0 Å². The Kier molecular flexibility index (Phi) is 9.47. The molecule has 4 aromatic rings. The van der Waals surface area contributed by atoms with Gasteiger partial charge in [-0.05, 0) is 44.7 Å². The zero-order valence-electron chi connectivity index (χ0n) is 22.7. The molecule has 0 aliphatic heterocycles. The van der Waals surface area contributed by atoms with Crippen molar-refractivity contribution in [1.82, 2.24) is 14.3 Å². The highest BCUT2D eigenvalue weighted by molar-refractivity contribution is 7.99. The molecule has 1 aromatic heterocycles. The molecule has 1 heterocycles. The van der Waals surface area contributed by atoms with Gasteiger partial charge in [-0.25, -0.2) is 18.1 Å². The van der Waals surface area contributed by atoms with Gasteiger partial charge in [0.15, 0.2) is 5.16 Å². The highest BCUT2D eigenvalue weighted by Gasteiger charge is 2.21. The number of benzene rings is 3. The number of aromatic nitrogens is 2. The van der Waals surface area contributed by atoms with Gasteiger partial charge < -0.3 is 4.57 Å². The number of imidazole rings is 1. The van der Waals surface area contributed by atoms with Crippen LogP contribution in [0.25, 0.3) is 22.5 Å². The summed E-state index contributed by atoms with van der Waals surface area (Å²) in [5.74, 6) is 0.764. The first-order valence-electron chi connectivity index (χ1n) is 13.2. The minimum atomic E-state index is -3.56. The topological polar surface area (TPSA) is 64.0 Å². The molecule has 38 heavy (non-hydrogen) atoms. The molecule has 4 rings (SSSR count). The van der Waals surface area contributed by atoms with Crippen LogP contribution in [0.4, 0.5) is 0 Å². The normalized spacial score (nSPS) is 11.7. The van der Waals surface area contributed by atoms with Crippen LogP contribution in [-0.4, -0.2) is 30.3 Å². The summed E-state index contributed by atoms with van der Waals surface area (Å²) in [5, 5.41) is 0.976. The smallest absolute Gasteiger partial charge is 0.241 e. The van der Waals surface area contributed by atoms with E-state index in [2.05, 4.69) is 52.6 Å². The van der Waals surface area contributed by atoms with Gasteiger partial charge in [0, 0.05) is 30.0 Å². The first-order valence-corrected chi connectivity index (χ1v) is 15.7. The molecule has 0 saturated heterocycles. The number of unbranched alkanes of at least 4 members (excludes halogenated alkanes) is 1. The SMILES string of the molecule is CCCCn1c(SCCCNS(=O)(=O)c2c(C)cc(C)cc2C)nc(-c2ccccc2)c1-c1ccccc1. The third-order valence-electron chi connectivity index (χ3n) is 6.48. The van der Waals surface area contributed by atoms with Crippen LogP contribution in [0, 0.1) is 20.8 Å². The molecule has 5 nitrogen and oxygen atoms in total. The number of hydrogen-bond donors (Lipinski definition) is 1. The maximum Gasteiger partial charge on any atom is 0.241 e. The summed E-state index contributed by atoms with van der Waals surface area (Å²) in [5.41, 5.74) is 7.01. The van der Waals surface area contributed by atoms with Gasteiger partial charge >= 0.3 is 0 Å². The highest BCUT2D eigenvalue weighted by Crippen LogP contribution is 2.36. The van der Waals surface area contributed by atoms with Gasteiger partial charge in [0.2, 0.25) is 10.0 Å². The average Bonchev–Trinajstić information content (AvgIpc) is 3.25. The molecular weight excluding hydrogens is 510 g/mol. The van der Waals surface area contributed by atoms with Gasteiger partial charge in [-0.3, -0.25) is 0 Å². The third kappa shape index (κ3) is 6.57. The molecule has 1 N–H and O–H groups in total. The zero-order chi connectivity index (χ0) is 27.1. The minimum Gasteiger partial charge on any atom is -0.318 e. The second-order valence-corrected chi connectivity index (χ2v) is 12.4. The molecule has 0 atom stereocenters. The molecule has 0 unspecified atom stereocenters. The van der Waals surface area contributed by atoms with Crippen LogP contribution < -0.4 is 4.72 Å². The lowest BCUT2D eigenvalue weighted by Gasteiger charge is -2.14. The van der Waals surface area contributed by atoms with E-state index in [1.807, 2.05) is 57.2 Å². The van der Waals surface area contributed by atoms with Crippen molar-refractivity contribution >= 4 is 21.8 Å². The number of thioether (sulfide) groups is 1. The van der Waals surface area contributed by atoms with Crippen molar-refractivity contribution in [3.63, 3.8) is 0 Å². The van der Waals surface area contributed by atoms with Crippen LogP contribution in [0.15, 0.2) is 82.8 Å². The molecule has 0 bridgehead atoms. The maximum atomic E-state index is 13.0. The number of hydrogen-bond acceptors (Lipinski definition) is 4. The summed E-state index contributed by atoms with van der Waals surface area (Å²) in [6, 6.07) is 24.6. The van der Waals surface area contributed by atoms with Crippen molar-refractivity contribution in [3.05, 3.63) is 89.5 Å². The molecule has 0 aliphatic rings. The van der Waals surface area contributed by atoms with Crippen LogP contribution in [0.3, 0.4) is 0 Å². The Morgan fingerprint density at radius 2 is 1.47 bits per heavy atom. The lowest BCUT2D eigenvalue weighted by molar-refractivity contribution is 0.579. The average molecular weight is 548 g/mol. The van der Waals surface area contributed by atoms with Gasteiger partial charge in [-0.2, -0.15) is 0 Å². The fourth-order valence-corrected chi connectivity index (χ4v) is 7.35. The van der Waals surface area contributed by atoms with Gasteiger partial charge in [-0.1, -0.05) is 103 Å². The van der Waals surface area contributed by atoms with Crippen LogP contribution >= 0.6 is 11.8 Å². The fraction of sp³-hybridized carbons (Fsp3) is 0.323. The van der Waals surface area contributed by atoms with E-state index in [1.165, 1.54) is 0 Å². The molecule has 0 amide bonds. The Morgan fingerprint density at radius 1 is 0.868 bits per heavy atom. The van der Waals surface area contributed by atoms with Crippen LogP contribution in [0.1, 0.15) is 42.9 Å². The molecule has 3 aromatic carbocycles. The Balaban J connectivity index is 1.53. The Hall–Kier alpha value is -2.87. The third-order valence-corrected chi connectivity index (χ3v) is 9.31. The predicted molar refractivity (Wildman–Crippen MR) is 159 cm³/mol. The molecule has 0 aliphatic carbocycles. The van der Waals surface area contributed by atoms with E-state index in [1.54, 1.807) is 11.8 Å². The highest BCUT2D eigenvalue weighted by atomic mass is 32.2. The van der Waals surface area contributed by atoms with Crippen LogP contribution in [0.2, 0.25) is 0 Å². The van der Waals surface area contributed by atoms with Crippen molar-refractivity contribution < 1.29 is 8.42 Å². The zero-order valence-corrected chi connectivity index (χ0v) is 24.3. The largest absolute Gasteiger partial charge is 0.318 e. The van der Waals surface area contributed by atoms with Gasteiger partial charge in [0.1, 0.15) is 0 Å². The molecule has 0 fully saturated rings. The fourth-order valence-electron chi connectivity index (χ4n) is 4.86. The number of aryl methyl sites for hydroxylation is 3. The van der Waals surface area contributed by atoms with E-state index in [0.717, 1.165) is 69.5 Å². The van der Waals surface area contributed by atoms with Crippen molar-refractivity contribution in [2.75, 3.05) is 12.3 Å². The van der Waals surface area contributed by atoms with Crippen molar-refractivity contribution in [2.24, 2.45) is 0 Å². The van der Waals surface area contributed by atoms with Gasteiger partial charge in [0.25, 0.3) is 0 Å². The summed E-state index contributed by atoms with van der Waals surface area (Å²) in [6.45, 7) is 9.17. The Bertz CT molecular complexity index is 1440. The lowest BCUT2D eigenvalue weighted by atomic mass is 10.0. The monoisotopic (exact) mass is 547 g/mol. The maximum absolute atomic E-state index is 13.0. The summed E-state index contributed by atoms with van der Waals surface area (Å²) in [4.78, 5) is 5.52. The summed E-state index contributed by atoms with van der Waals surface area (Å²) >= 11 is 1.69. The number of rotatable bonds is 12. The van der Waals surface area contributed by atoms with Crippen LogP contribution in [-0.2, 0) is 16.6 Å². The van der Waals surface area contributed by atoms with E-state index in [0.29, 0.717) is 17.9 Å². The predicted octanol–water partition coefficient (Wildman–Crippen LogP) is 7.40. The second kappa shape index (κ2) is 12.8. The standard InChI is InChI=1S/C31H37N3O2S2/c1-5-6-19-34-29(27-16-11-8-12-17-27)28(26-14-9-7-10-15-26)33-31(34)37-20-13-18-32-38(35,36)30-24(3)21-23(2)22-25(30)4/h7-12,14-17,21-22,32H,5-6,13,18-20H2,1-4H3. The summed E-state index contributed by atoms with van der Waals surface area (Å²) in [7, 11) is -3.56. The van der Waals surface area contributed by atoms with Gasteiger partial charge in [0.05, 0.1) is 16.3 Å². The molecule has 0 radical (unpaired) electrons. The molecule has 200 valence electrons. The lowest BCUT2D eigenvalue weighted by Crippen LogP contribution is -2.26. The first-order chi connectivity index (χ1) is 18.3. The van der Waals surface area contributed by atoms with E-state index in [-0.39, 0.29) is 0 Å². The summed E-state index contributed by atoms with van der Waals surface area (Å²) in [6.07, 6.45) is 2.86. The molecule has 7 heteroatoms. The van der Waals surface area contributed by atoms with Crippen molar-refractivity contribution in [1.29, 1.82) is 0 Å². The molecule has 0 spiro atoms. The first kappa shape index (κ1) is 28.1. The Morgan fingerprint density at radius 3 is 2.08 bits per heavy atom. The van der Waals surface area contributed by atoms with E-state index < -0.39 is 10.0 Å². The van der Waals surface area contributed by atoms with E-state index in [4.69, 9.17) is 4.98 Å². The molecular formula is C31H37N3O2S2. The van der Waals surface area contributed by atoms with Crippen molar-refractivity contribution in [3.8, 4) is 22.5 Å². The number of sulfonamides is 1. The number of nitrogens with one attached hydrogen (secondary N) is 1. The van der Waals surface area contributed by atoms with Crippen molar-refractivity contribution in [2.45, 2.75) is 63.6 Å². The minimum absolute atomic E-state index is 0.384. The van der Waals surface area contributed by atoms with E-state index in [9.17, 15) is 8.42 Å². The van der Waals surface area contributed by atoms with Crippen LogP contribution in [0.5, 0.6) is 0 Å². The quantitative estimate of drug-likeness (QED) is 0.148.